The van der Waals surface area contributed by atoms with Crippen LogP contribution in [0.2, 0.25) is 0 Å². The maximum Gasteiger partial charge on any atom is 0.123 e. The van der Waals surface area contributed by atoms with Gasteiger partial charge < -0.3 is 9.13 Å². The normalized spacial score (nSPS) is 11.8. The van der Waals surface area contributed by atoms with Gasteiger partial charge in [-0.15, -0.1) is 0 Å². The van der Waals surface area contributed by atoms with E-state index in [1.165, 1.54) is 99.6 Å². The molecule has 0 aliphatic rings. The number of halogens is 1. The fraction of sp³-hybridized carbons (Fsp3) is 0. The molecule has 0 aliphatic heterocycles. The molecule has 10 aromatic carbocycles. The number of rotatable bonds is 5. The van der Waals surface area contributed by atoms with Crippen LogP contribution >= 0.6 is 0 Å². The van der Waals surface area contributed by atoms with Gasteiger partial charge >= 0.3 is 0 Å². The summed E-state index contributed by atoms with van der Waals surface area (Å²) in [6, 6.07) is 75.2. The van der Waals surface area contributed by atoms with E-state index < -0.39 is 0 Å². The molecule has 2 nitrogen and oxygen atoms in total. The van der Waals surface area contributed by atoms with Crippen LogP contribution in [0.4, 0.5) is 4.39 Å². The van der Waals surface area contributed by atoms with E-state index >= 15 is 0 Å². The number of hydrogen-bond donors (Lipinski definition) is 0. The van der Waals surface area contributed by atoms with Crippen LogP contribution in [0, 0.1) is 5.82 Å². The first-order chi connectivity index (χ1) is 29.2. The fourth-order valence-electron chi connectivity index (χ4n) is 9.43. The second kappa shape index (κ2) is 13.2. The van der Waals surface area contributed by atoms with Gasteiger partial charge in [0.1, 0.15) is 5.82 Å². The summed E-state index contributed by atoms with van der Waals surface area (Å²) in [5.74, 6) is -0.240. The van der Waals surface area contributed by atoms with Crippen molar-refractivity contribution in [2.24, 2.45) is 0 Å². The van der Waals surface area contributed by atoms with Gasteiger partial charge in [0.25, 0.3) is 0 Å². The predicted molar refractivity (Wildman–Crippen MR) is 246 cm³/mol. The van der Waals surface area contributed by atoms with Crippen molar-refractivity contribution in [3.05, 3.63) is 218 Å². The molecule has 0 N–H and O–H groups in total. The van der Waals surface area contributed by atoms with Crippen LogP contribution in [0.3, 0.4) is 0 Å². The number of hydrogen-bond acceptors (Lipinski definition) is 0. The van der Waals surface area contributed by atoms with E-state index in [9.17, 15) is 4.39 Å². The third-order valence-electron chi connectivity index (χ3n) is 12.1. The maximum absolute atomic E-state index is 14.1. The van der Waals surface area contributed by atoms with Gasteiger partial charge in [0.2, 0.25) is 0 Å². The molecule has 12 aromatic rings. The lowest BCUT2D eigenvalue weighted by Gasteiger charge is -2.15. The molecule has 0 aliphatic carbocycles. The lowest BCUT2D eigenvalue weighted by Crippen LogP contribution is -1.96. The number of nitrogens with zero attached hydrogens (tertiary/aromatic N) is 2. The second-order valence-corrected chi connectivity index (χ2v) is 15.5. The first-order valence-corrected chi connectivity index (χ1v) is 20.1. The molecule has 0 unspecified atom stereocenters. The van der Waals surface area contributed by atoms with Crippen LogP contribution < -0.4 is 0 Å². The number of benzene rings is 10. The van der Waals surface area contributed by atoms with Crippen molar-refractivity contribution in [3.63, 3.8) is 0 Å². The molecule has 0 bridgehead atoms. The Hall–Kier alpha value is -7.75. The molecule has 2 aromatic heterocycles. The van der Waals surface area contributed by atoms with E-state index in [1.54, 1.807) is 0 Å². The van der Waals surface area contributed by atoms with E-state index in [0.29, 0.717) is 0 Å². The third-order valence-corrected chi connectivity index (χ3v) is 12.1. The molecular formula is C56H35FN2. The zero-order valence-corrected chi connectivity index (χ0v) is 32.0. The van der Waals surface area contributed by atoms with Crippen molar-refractivity contribution in [1.82, 2.24) is 9.13 Å². The van der Waals surface area contributed by atoms with Crippen molar-refractivity contribution in [2.45, 2.75) is 0 Å². The Kier molecular flexibility index (Phi) is 7.45. The molecule has 0 radical (unpaired) electrons. The summed E-state index contributed by atoms with van der Waals surface area (Å²) < 4.78 is 18.8. The van der Waals surface area contributed by atoms with E-state index in [0.717, 1.165) is 22.4 Å². The van der Waals surface area contributed by atoms with Crippen LogP contribution in [0.15, 0.2) is 212 Å². The molecule has 0 fully saturated rings. The van der Waals surface area contributed by atoms with Crippen molar-refractivity contribution >= 4 is 65.2 Å². The predicted octanol–water partition coefficient (Wildman–Crippen LogP) is 15.3. The lowest BCUT2D eigenvalue weighted by molar-refractivity contribution is 0.627. The van der Waals surface area contributed by atoms with Crippen LogP contribution in [-0.4, -0.2) is 9.13 Å². The summed E-state index contributed by atoms with van der Waals surface area (Å²) in [6.45, 7) is 0. The Morgan fingerprint density at radius 2 is 0.797 bits per heavy atom. The quantitative estimate of drug-likeness (QED) is 0.155. The van der Waals surface area contributed by atoms with Gasteiger partial charge in [-0.2, -0.15) is 0 Å². The topological polar surface area (TPSA) is 9.86 Å². The SMILES string of the molecule is Fc1ccc(-n2c3ccccc3c3cc4cc(-c5ccc6c(c5)c5ccccc5n6-c5cc(-c6ccccc6)cc(-c6ccccc6)c5)c5ccccc5c4cc32)cc1. The molecule has 0 saturated carbocycles. The maximum atomic E-state index is 14.1. The van der Waals surface area contributed by atoms with Gasteiger partial charge in [-0.25, -0.2) is 4.39 Å². The molecule has 0 spiro atoms. The molecule has 0 saturated heterocycles. The highest BCUT2D eigenvalue weighted by molar-refractivity contribution is 6.21. The van der Waals surface area contributed by atoms with Crippen molar-refractivity contribution in [3.8, 4) is 44.8 Å². The summed E-state index contributed by atoms with van der Waals surface area (Å²) in [4.78, 5) is 0. The molecule has 3 heteroatoms. The number of para-hydroxylation sites is 2. The van der Waals surface area contributed by atoms with Gasteiger partial charge in [-0.1, -0.05) is 127 Å². The lowest BCUT2D eigenvalue weighted by atomic mass is 9.92. The summed E-state index contributed by atoms with van der Waals surface area (Å²) in [5, 5.41) is 9.55. The Bertz CT molecular complexity index is 3540. The van der Waals surface area contributed by atoms with Crippen LogP contribution in [-0.2, 0) is 0 Å². The highest BCUT2D eigenvalue weighted by atomic mass is 19.1. The zero-order valence-electron chi connectivity index (χ0n) is 32.0. The molecule has 2 heterocycles. The Morgan fingerprint density at radius 3 is 1.44 bits per heavy atom. The highest BCUT2D eigenvalue weighted by Gasteiger charge is 2.19. The minimum absolute atomic E-state index is 0.240. The van der Waals surface area contributed by atoms with Gasteiger partial charge in [-0.05, 0) is 140 Å². The molecule has 59 heavy (non-hydrogen) atoms. The molecular weight excluding hydrogens is 720 g/mol. The van der Waals surface area contributed by atoms with Gasteiger partial charge in [0.05, 0.1) is 22.1 Å². The van der Waals surface area contributed by atoms with Crippen molar-refractivity contribution in [1.29, 1.82) is 0 Å². The average Bonchev–Trinajstić information content (AvgIpc) is 3.81. The van der Waals surface area contributed by atoms with Crippen LogP contribution in [0.1, 0.15) is 0 Å². The Balaban J connectivity index is 1.08. The highest BCUT2D eigenvalue weighted by Crippen LogP contribution is 2.43. The molecule has 12 rings (SSSR count). The standard InChI is InChI=1S/C56H35FN2/c57-42-24-26-43(27-25-42)58-53-21-11-10-20-48(53)52-34-41-33-49(45-17-7-8-18-46(45)50(41)35-56(52)58)38-23-28-55-51(32-38)47-19-9-12-22-54(47)59(55)44-30-39(36-13-3-1-4-14-36)29-40(31-44)37-15-5-2-6-16-37/h1-35H. The van der Waals surface area contributed by atoms with E-state index in [2.05, 4.69) is 197 Å². The van der Waals surface area contributed by atoms with Crippen LogP contribution in [0.5, 0.6) is 0 Å². The Labute approximate surface area is 340 Å². The Morgan fingerprint density at radius 1 is 0.271 bits per heavy atom. The molecule has 276 valence electrons. The second-order valence-electron chi connectivity index (χ2n) is 15.5. The molecule has 0 atom stereocenters. The van der Waals surface area contributed by atoms with E-state index in [4.69, 9.17) is 0 Å². The number of aromatic nitrogens is 2. The summed E-state index contributed by atoms with van der Waals surface area (Å²) in [7, 11) is 0. The van der Waals surface area contributed by atoms with Crippen molar-refractivity contribution in [2.75, 3.05) is 0 Å². The largest absolute Gasteiger partial charge is 0.309 e. The van der Waals surface area contributed by atoms with E-state index in [-0.39, 0.29) is 5.82 Å². The smallest absolute Gasteiger partial charge is 0.123 e. The fourth-order valence-corrected chi connectivity index (χ4v) is 9.43. The molecule has 0 amide bonds. The number of fused-ring (bicyclic) bond motifs is 9. The summed E-state index contributed by atoms with van der Waals surface area (Å²) in [5.41, 5.74) is 13.7. The third kappa shape index (κ3) is 5.32. The van der Waals surface area contributed by atoms with E-state index in [1.807, 2.05) is 12.1 Å². The summed E-state index contributed by atoms with van der Waals surface area (Å²) in [6.07, 6.45) is 0. The minimum atomic E-state index is -0.240. The van der Waals surface area contributed by atoms with Crippen LogP contribution in [0.25, 0.3) is 110 Å². The van der Waals surface area contributed by atoms with Gasteiger partial charge in [0, 0.05) is 32.9 Å². The first kappa shape index (κ1) is 33.4. The van der Waals surface area contributed by atoms with Crippen molar-refractivity contribution < 1.29 is 4.39 Å². The first-order valence-electron chi connectivity index (χ1n) is 20.1. The summed E-state index contributed by atoms with van der Waals surface area (Å²) >= 11 is 0. The monoisotopic (exact) mass is 754 g/mol. The average molecular weight is 755 g/mol. The van der Waals surface area contributed by atoms with Gasteiger partial charge in [-0.3, -0.25) is 0 Å². The minimum Gasteiger partial charge on any atom is -0.309 e. The zero-order chi connectivity index (χ0) is 39.0. The van der Waals surface area contributed by atoms with Gasteiger partial charge in [0.15, 0.2) is 0 Å².